The minimum atomic E-state index is 0.178. The topological polar surface area (TPSA) is 38.9 Å². The molecule has 2 aromatic rings. The SMILES string of the molecule is CC1(C)Cc2nc(CCc3ccccc3)sc2C(N)C1. The average Bonchev–Trinajstić information content (AvgIpc) is 2.79. The van der Waals surface area contributed by atoms with Crippen LogP contribution in [0, 0.1) is 5.41 Å². The van der Waals surface area contributed by atoms with Gasteiger partial charge in [0.05, 0.1) is 10.7 Å². The van der Waals surface area contributed by atoms with Gasteiger partial charge in [0.1, 0.15) is 0 Å². The van der Waals surface area contributed by atoms with Gasteiger partial charge in [-0.2, -0.15) is 0 Å². The van der Waals surface area contributed by atoms with E-state index in [-0.39, 0.29) is 11.5 Å². The first-order chi connectivity index (χ1) is 9.53. The van der Waals surface area contributed by atoms with Crippen LogP contribution < -0.4 is 5.73 Å². The highest BCUT2D eigenvalue weighted by molar-refractivity contribution is 7.11. The molecule has 20 heavy (non-hydrogen) atoms. The van der Waals surface area contributed by atoms with E-state index in [1.54, 1.807) is 0 Å². The second kappa shape index (κ2) is 5.30. The third-order valence-electron chi connectivity index (χ3n) is 4.00. The maximum absolute atomic E-state index is 6.31. The van der Waals surface area contributed by atoms with E-state index in [9.17, 15) is 0 Å². The van der Waals surface area contributed by atoms with Crippen LogP contribution in [0.3, 0.4) is 0 Å². The molecule has 2 nitrogen and oxygen atoms in total. The Bertz CT molecular complexity index is 586. The van der Waals surface area contributed by atoms with Crippen molar-refractivity contribution >= 4 is 11.3 Å². The van der Waals surface area contributed by atoms with E-state index in [1.807, 2.05) is 11.3 Å². The molecule has 0 bridgehead atoms. The van der Waals surface area contributed by atoms with E-state index in [0.717, 1.165) is 25.7 Å². The standard InChI is InChI=1S/C17H22N2S/c1-17(2)10-13(18)16-14(11-17)19-15(20-16)9-8-12-6-4-3-5-7-12/h3-7,13H,8-11,18H2,1-2H3. The van der Waals surface area contributed by atoms with E-state index in [4.69, 9.17) is 10.7 Å². The van der Waals surface area contributed by atoms with Crippen molar-refractivity contribution in [1.29, 1.82) is 0 Å². The molecular weight excluding hydrogens is 264 g/mol. The van der Waals surface area contributed by atoms with E-state index >= 15 is 0 Å². The van der Waals surface area contributed by atoms with E-state index in [1.165, 1.54) is 21.1 Å². The Hall–Kier alpha value is -1.19. The van der Waals surface area contributed by atoms with Crippen molar-refractivity contribution < 1.29 is 0 Å². The van der Waals surface area contributed by atoms with Crippen LogP contribution in [-0.2, 0) is 19.3 Å². The van der Waals surface area contributed by atoms with Crippen molar-refractivity contribution in [2.75, 3.05) is 0 Å². The second-order valence-electron chi connectivity index (χ2n) is 6.56. The van der Waals surface area contributed by atoms with Crippen LogP contribution in [0.25, 0.3) is 0 Å². The summed E-state index contributed by atoms with van der Waals surface area (Å²) in [5.41, 5.74) is 9.23. The monoisotopic (exact) mass is 286 g/mol. The summed E-state index contributed by atoms with van der Waals surface area (Å²) in [5, 5.41) is 1.24. The Morgan fingerprint density at radius 2 is 2.00 bits per heavy atom. The van der Waals surface area contributed by atoms with Gasteiger partial charge in [-0.3, -0.25) is 0 Å². The summed E-state index contributed by atoms with van der Waals surface area (Å²) in [5.74, 6) is 0. The van der Waals surface area contributed by atoms with E-state index in [2.05, 4.69) is 44.2 Å². The lowest BCUT2D eigenvalue weighted by Gasteiger charge is -2.32. The molecule has 106 valence electrons. The fraction of sp³-hybridized carbons (Fsp3) is 0.471. The Morgan fingerprint density at radius 1 is 1.25 bits per heavy atom. The molecule has 1 heterocycles. The number of hydrogen-bond donors (Lipinski definition) is 1. The highest BCUT2D eigenvalue weighted by atomic mass is 32.1. The molecule has 3 rings (SSSR count). The molecule has 0 radical (unpaired) electrons. The minimum Gasteiger partial charge on any atom is -0.323 e. The quantitative estimate of drug-likeness (QED) is 0.929. The molecule has 2 N–H and O–H groups in total. The van der Waals surface area contributed by atoms with E-state index < -0.39 is 0 Å². The van der Waals surface area contributed by atoms with Crippen molar-refractivity contribution in [2.45, 2.75) is 45.6 Å². The summed E-state index contributed by atoms with van der Waals surface area (Å²) < 4.78 is 0. The van der Waals surface area contributed by atoms with Crippen LogP contribution in [0.2, 0.25) is 0 Å². The van der Waals surface area contributed by atoms with Crippen LogP contribution >= 0.6 is 11.3 Å². The fourth-order valence-corrected chi connectivity index (χ4v) is 4.13. The van der Waals surface area contributed by atoms with Crippen molar-refractivity contribution in [1.82, 2.24) is 4.98 Å². The molecule has 3 heteroatoms. The number of aryl methyl sites for hydroxylation is 2. The molecule has 1 aliphatic rings. The van der Waals surface area contributed by atoms with Crippen molar-refractivity contribution in [3.8, 4) is 0 Å². The Kier molecular flexibility index (Phi) is 3.65. The lowest BCUT2D eigenvalue weighted by Crippen LogP contribution is -2.28. The van der Waals surface area contributed by atoms with Crippen LogP contribution in [-0.4, -0.2) is 4.98 Å². The maximum Gasteiger partial charge on any atom is 0.0935 e. The largest absolute Gasteiger partial charge is 0.323 e. The number of nitrogens with two attached hydrogens (primary N) is 1. The predicted molar refractivity (Wildman–Crippen MR) is 85.0 cm³/mol. The van der Waals surface area contributed by atoms with Crippen LogP contribution in [0.5, 0.6) is 0 Å². The summed E-state index contributed by atoms with van der Waals surface area (Å²) >= 11 is 1.83. The van der Waals surface area contributed by atoms with E-state index in [0.29, 0.717) is 0 Å². The molecule has 0 saturated heterocycles. The van der Waals surface area contributed by atoms with Crippen molar-refractivity contribution in [3.05, 3.63) is 51.5 Å². The summed E-state index contributed by atoms with van der Waals surface area (Å²) in [6.45, 7) is 4.58. The zero-order valence-electron chi connectivity index (χ0n) is 12.2. The molecule has 0 amide bonds. The maximum atomic E-state index is 6.31. The van der Waals surface area contributed by atoms with Gasteiger partial charge in [-0.15, -0.1) is 11.3 Å². The molecule has 1 atom stereocenters. The Morgan fingerprint density at radius 3 is 2.75 bits per heavy atom. The number of nitrogens with zero attached hydrogens (tertiary/aromatic N) is 1. The molecular formula is C17H22N2S. The van der Waals surface area contributed by atoms with Gasteiger partial charge in [-0.1, -0.05) is 44.2 Å². The number of benzene rings is 1. The van der Waals surface area contributed by atoms with Crippen LogP contribution in [0.4, 0.5) is 0 Å². The van der Waals surface area contributed by atoms with Gasteiger partial charge in [0.15, 0.2) is 0 Å². The molecule has 1 aromatic carbocycles. The molecule has 0 saturated carbocycles. The molecule has 0 fully saturated rings. The average molecular weight is 286 g/mol. The Balaban J connectivity index is 1.74. The zero-order chi connectivity index (χ0) is 14.2. The second-order valence-corrected chi connectivity index (χ2v) is 7.67. The first-order valence-corrected chi connectivity index (χ1v) is 8.13. The number of aromatic nitrogens is 1. The highest BCUT2D eigenvalue weighted by Crippen LogP contribution is 2.41. The summed E-state index contributed by atoms with van der Waals surface area (Å²) in [6, 6.07) is 10.8. The lowest BCUT2D eigenvalue weighted by atomic mass is 9.77. The van der Waals surface area contributed by atoms with Crippen molar-refractivity contribution in [3.63, 3.8) is 0 Å². The van der Waals surface area contributed by atoms with Crippen molar-refractivity contribution in [2.24, 2.45) is 11.1 Å². The van der Waals surface area contributed by atoms with Gasteiger partial charge in [0.2, 0.25) is 0 Å². The number of hydrogen-bond acceptors (Lipinski definition) is 3. The molecule has 1 unspecified atom stereocenters. The number of rotatable bonds is 3. The third-order valence-corrected chi connectivity index (χ3v) is 5.29. The lowest BCUT2D eigenvalue weighted by molar-refractivity contribution is 0.282. The third kappa shape index (κ3) is 2.94. The van der Waals surface area contributed by atoms with Gasteiger partial charge in [-0.05, 0) is 30.2 Å². The normalized spacial score (nSPS) is 20.6. The van der Waals surface area contributed by atoms with Gasteiger partial charge in [0.25, 0.3) is 0 Å². The summed E-state index contributed by atoms with van der Waals surface area (Å²) in [6.07, 6.45) is 4.22. The van der Waals surface area contributed by atoms with Gasteiger partial charge in [0, 0.05) is 17.3 Å². The smallest absolute Gasteiger partial charge is 0.0935 e. The molecule has 0 spiro atoms. The van der Waals surface area contributed by atoms with Crippen LogP contribution in [0.1, 0.15) is 47.5 Å². The molecule has 1 aliphatic carbocycles. The number of thiazole rings is 1. The summed E-state index contributed by atoms with van der Waals surface area (Å²) in [7, 11) is 0. The predicted octanol–water partition coefficient (Wildman–Crippen LogP) is 3.90. The minimum absolute atomic E-state index is 0.178. The first-order valence-electron chi connectivity index (χ1n) is 7.31. The Labute approximate surface area is 125 Å². The molecule has 1 aromatic heterocycles. The van der Waals surface area contributed by atoms with Crippen LogP contribution in [0.15, 0.2) is 30.3 Å². The zero-order valence-corrected chi connectivity index (χ0v) is 13.0. The van der Waals surface area contributed by atoms with Gasteiger partial charge < -0.3 is 5.73 Å². The summed E-state index contributed by atoms with van der Waals surface area (Å²) in [4.78, 5) is 6.18. The number of fused-ring (bicyclic) bond motifs is 1. The highest BCUT2D eigenvalue weighted by Gasteiger charge is 2.33. The fourth-order valence-electron chi connectivity index (χ4n) is 3.05. The first kappa shape index (κ1) is 13.8. The van der Waals surface area contributed by atoms with Gasteiger partial charge in [-0.25, -0.2) is 4.98 Å². The van der Waals surface area contributed by atoms with Gasteiger partial charge >= 0.3 is 0 Å². The molecule has 0 aliphatic heterocycles.